The van der Waals surface area contributed by atoms with E-state index in [9.17, 15) is 8.42 Å². The van der Waals surface area contributed by atoms with Crippen LogP contribution in [0.3, 0.4) is 0 Å². The molecule has 0 aliphatic carbocycles. The molecule has 0 radical (unpaired) electrons. The zero-order chi connectivity index (χ0) is 13.4. The van der Waals surface area contributed by atoms with Crippen molar-refractivity contribution in [2.24, 2.45) is 0 Å². The van der Waals surface area contributed by atoms with E-state index in [4.69, 9.17) is 5.26 Å². The zero-order valence-corrected chi connectivity index (χ0v) is 12.1. The normalized spacial score (nSPS) is 11.1. The Kier molecular flexibility index (Phi) is 6.23. The molecule has 0 aliphatic rings. The van der Waals surface area contributed by atoms with Crippen molar-refractivity contribution in [3.63, 3.8) is 0 Å². The first-order valence-electron chi connectivity index (χ1n) is 5.92. The van der Waals surface area contributed by atoms with Crippen molar-refractivity contribution in [3.8, 4) is 5.40 Å². The maximum absolute atomic E-state index is 11.9. The smallest absolute Gasteiger partial charge is 0.178 e. The Morgan fingerprint density at radius 1 is 1.39 bits per heavy atom. The molecule has 0 N–H and O–H groups in total. The maximum atomic E-state index is 11.9. The molecule has 0 spiro atoms. The number of sulfone groups is 1. The van der Waals surface area contributed by atoms with Gasteiger partial charge in [-0.1, -0.05) is 19.1 Å². The molecule has 0 atom stereocenters. The van der Waals surface area contributed by atoms with Crippen molar-refractivity contribution in [2.45, 2.75) is 31.1 Å². The molecule has 1 aromatic carbocycles. The average Bonchev–Trinajstić information content (AvgIpc) is 2.35. The Bertz CT molecular complexity index is 518. The quantitative estimate of drug-likeness (QED) is 0.570. The van der Waals surface area contributed by atoms with Crippen molar-refractivity contribution >= 4 is 21.6 Å². The summed E-state index contributed by atoms with van der Waals surface area (Å²) < 4.78 is 23.8. The van der Waals surface area contributed by atoms with Gasteiger partial charge in [0.05, 0.1) is 10.6 Å². The van der Waals surface area contributed by atoms with Gasteiger partial charge in [0, 0.05) is 5.75 Å². The topological polar surface area (TPSA) is 57.9 Å². The Morgan fingerprint density at radius 3 is 2.83 bits per heavy atom. The van der Waals surface area contributed by atoms with Gasteiger partial charge in [-0.2, -0.15) is 5.26 Å². The molecule has 0 heterocycles. The van der Waals surface area contributed by atoms with Crippen LogP contribution in [0.15, 0.2) is 29.2 Å². The van der Waals surface area contributed by atoms with Crippen molar-refractivity contribution in [1.82, 2.24) is 0 Å². The Morgan fingerprint density at radius 2 is 2.17 bits per heavy atom. The molecule has 1 rings (SSSR count). The molecule has 5 heteroatoms. The van der Waals surface area contributed by atoms with Crippen molar-refractivity contribution < 1.29 is 8.42 Å². The van der Waals surface area contributed by atoms with Crippen molar-refractivity contribution in [3.05, 3.63) is 29.8 Å². The lowest BCUT2D eigenvalue weighted by Gasteiger charge is -2.05. The van der Waals surface area contributed by atoms with Crippen LogP contribution in [0.2, 0.25) is 0 Å². The number of nitrogens with zero attached hydrogens (tertiary/aromatic N) is 1. The maximum Gasteiger partial charge on any atom is 0.178 e. The molecule has 1 aromatic rings. The van der Waals surface area contributed by atoms with E-state index in [-0.39, 0.29) is 5.75 Å². The van der Waals surface area contributed by atoms with Crippen LogP contribution >= 0.6 is 11.8 Å². The number of rotatable bonds is 7. The number of aryl methyl sites for hydroxylation is 1. The van der Waals surface area contributed by atoms with Crippen LogP contribution < -0.4 is 0 Å². The van der Waals surface area contributed by atoms with E-state index in [1.807, 2.05) is 18.4 Å². The predicted molar refractivity (Wildman–Crippen MR) is 75.2 cm³/mol. The average molecular weight is 283 g/mol. The summed E-state index contributed by atoms with van der Waals surface area (Å²) in [6.07, 6.45) is 2.32. The second-order valence-corrected chi connectivity index (χ2v) is 7.00. The molecular weight excluding hydrogens is 266 g/mol. The van der Waals surface area contributed by atoms with Crippen LogP contribution in [0, 0.1) is 10.7 Å². The van der Waals surface area contributed by atoms with Gasteiger partial charge in [0.25, 0.3) is 0 Å². The number of hydrogen-bond acceptors (Lipinski definition) is 4. The molecule has 0 bridgehead atoms. The summed E-state index contributed by atoms with van der Waals surface area (Å²) in [6.45, 7) is 1.86. The first-order chi connectivity index (χ1) is 8.60. The highest BCUT2D eigenvalue weighted by molar-refractivity contribution is 8.03. The lowest BCUT2D eigenvalue weighted by molar-refractivity contribution is 0.594. The molecular formula is C13H17NO2S2. The first-order valence-corrected chi connectivity index (χ1v) is 8.56. The molecule has 0 fully saturated rings. The number of thiocyanates is 1. The van der Waals surface area contributed by atoms with Crippen LogP contribution in [-0.4, -0.2) is 19.9 Å². The van der Waals surface area contributed by atoms with Gasteiger partial charge in [-0.15, -0.1) is 0 Å². The van der Waals surface area contributed by atoms with E-state index < -0.39 is 9.84 Å². The minimum Gasteiger partial charge on any atom is -0.224 e. The van der Waals surface area contributed by atoms with Gasteiger partial charge in [0.1, 0.15) is 5.40 Å². The first kappa shape index (κ1) is 15.1. The summed E-state index contributed by atoms with van der Waals surface area (Å²) in [7, 11) is -3.13. The van der Waals surface area contributed by atoms with Gasteiger partial charge in [-0.25, -0.2) is 8.42 Å². The fraction of sp³-hybridized carbons (Fsp3) is 0.462. The van der Waals surface area contributed by atoms with Crippen LogP contribution in [0.5, 0.6) is 0 Å². The summed E-state index contributed by atoms with van der Waals surface area (Å²) in [6, 6.07) is 7.12. The van der Waals surface area contributed by atoms with Gasteiger partial charge in [-0.05, 0) is 48.7 Å². The largest absolute Gasteiger partial charge is 0.224 e. The SMILES string of the molecule is CCCS(=O)(=O)c1cccc(CCCSC#N)c1. The third-order valence-electron chi connectivity index (χ3n) is 2.51. The molecule has 0 unspecified atom stereocenters. The number of hydrogen-bond donors (Lipinski definition) is 0. The highest BCUT2D eigenvalue weighted by Gasteiger charge is 2.12. The summed E-state index contributed by atoms with van der Waals surface area (Å²) in [5, 5.41) is 10.4. The summed E-state index contributed by atoms with van der Waals surface area (Å²) in [5.74, 6) is 0.975. The zero-order valence-electron chi connectivity index (χ0n) is 10.4. The molecule has 0 aromatic heterocycles. The van der Waals surface area contributed by atoms with Crippen LogP contribution in [0.25, 0.3) is 0 Å². The molecule has 98 valence electrons. The number of thioether (sulfide) groups is 1. The van der Waals surface area contributed by atoms with Gasteiger partial charge in [0.2, 0.25) is 0 Å². The fourth-order valence-electron chi connectivity index (χ4n) is 1.68. The highest BCUT2D eigenvalue weighted by Crippen LogP contribution is 2.16. The second-order valence-electron chi connectivity index (χ2n) is 4.01. The van der Waals surface area contributed by atoms with Crippen molar-refractivity contribution in [1.29, 1.82) is 5.26 Å². The summed E-state index contributed by atoms with van der Waals surface area (Å²) in [4.78, 5) is 0.412. The monoisotopic (exact) mass is 283 g/mol. The van der Waals surface area contributed by atoms with E-state index in [1.165, 1.54) is 11.8 Å². The van der Waals surface area contributed by atoms with E-state index in [1.54, 1.807) is 18.2 Å². The third-order valence-corrected chi connectivity index (χ3v) is 5.05. The summed E-state index contributed by atoms with van der Waals surface area (Å²) in [5.41, 5.74) is 1.02. The van der Waals surface area contributed by atoms with Crippen LogP contribution in [0.1, 0.15) is 25.3 Å². The van der Waals surface area contributed by atoms with E-state index in [0.29, 0.717) is 11.3 Å². The van der Waals surface area contributed by atoms with E-state index in [2.05, 4.69) is 0 Å². The molecule has 0 amide bonds. The van der Waals surface area contributed by atoms with Gasteiger partial charge < -0.3 is 0 Å². The van der Waals surface area contributed by atoms with E-state index >= 15 is 0 Å². The minimum absolute atomic E-state index is 0.195. The predicted octanol–water partition coefficient (Wildman–Crippen LogP) is 3.02. The van der Waals surface area contributed by atoms with Crippen LogP contribution in [0.4, 0.5) is 0 Å². The molecule has 0 saturated heterocycles. The molecule has 0 aliphatic heterocycles. The lowest BCUT2D eigenvalue weighted by atomic mass is 10.1. The highest BCUT2D eigenvalue weighted by atomic mass is 32.2. The number of nitriles is 1. The van der Waals surface area contributed by atoms with Crippen molar-refractivity contribution in [2.75, 3.05) is 11.5 Å². The standard InChI is InChI=1S/C13H17NO2S2/c1-2-9-18(15,16)13-7-3-5-12(10-13)6-4-8-17-11-14/h3,5,7,10H,2,4,6,8-9H2,1H3. The minimum atomic E-state index is -3.13. The Hall–Kier alpha value is -0.990. The van der Waals surface area contributed by atoms with Gasteiger partial charge in [0.15, 0.2) is 9.84 Å². The molecule has 18 heavy (non-hydrogen) atoms. The van der Waals surface area contributed by atoms with Crippen LogP contribution in [-0.2, 0) is 16.3 Å². The lowest BCUT2D eigenvalue weighted by Crippen LogP contribution is -2.06. The second kappa shape index (κ2) is 7.45. The molecule has 3 nitrogen and oxygen atoms in total. The van der Waals surface area contributed by atoms with E-state index in [0.717, 1.165) is 24.2 Å². The fourth-order valence-corrected chi connectivity index (χ4v) is 3.45. The van der Waals surface area contributed by atoms with Gasteiger partial charge in [-0.3, -0.25) is 0 Å². The summed E-state index contributed by atoms with van der Waals surface area (Å²) >= 11 is 1.23. The van der Waals surface area contributed by atoms with Gasteiger partial charge >= 0.3 is 0 Å². The third kappa shape index (κ3) is 4.71. The molecule has 0 saturated carbocycles. The Balaban J connectivity index is 2.71. The Labute approximate surface area is 113 Å². The number of benzene rings is 1.